The first-order chi connectivity index (χ1) is 13.3. The van der Waals surface area contributed by atoms with E-state index in [1.54, 1.807) is 6.07 Å². The second kappa shape index (κ2) is 8.32. The molecule has 1 amide bonds. The van der Waals surface area contributed by atoms with Crippen molar-refractivity contribution in [3.8, 4) is 0 Å². The molecule has 1 fully saturated rings. The van der Waals surface area contributed by atoms with Gasteiger partial charge in [0.1, 0.15) is 5.82 Å². The van der Waals surface area contributed by atoms with Crippen LogP contribution in [0.1, 0.15) is 45.4 Å². The van der Waals surface area contributed by atoms with Crippen molar-refractivity contribution in [2.24, 2.45) is 5.92 Å². The number of alkyl halides is 3. The molecular weight excluding hydrogens is 373 g/mol. The Balaban J connectivity index is 1.68. The average Bonchev–Trinajstić information content (AvgIpc) is 3.12. The van der Waals surface area contributed by atoms with E-state index in [9.17, 15) is 18.0 Å². The number of nitrogens with zero attached hydrogens (tertiary/aromatic N) is 6. The number of rotatable bonds is 6. The zero-order chi connectivity index (χ0) is 20.3. The van der Waals surface area contributed by atoms with Gasteiger partial charge in [-0.2, -0.15) is 17.7 Å². The molecule has 0 aliphatic carbocycles. The fraction of sp³-hybridized carbons (Fsp3) is 0.667. The zero-order valence-electron chi connectivity index (χ0n) is 16.1. The number of anilines is 1. The van der Waals surface area contributed by atoms with E-state index in [0.29, 0.717) is 38.3 Å². The molecule has 154 valence electrons. The van der Waals surface area contributed by atoms with Crippen molar-refractivity contribution >= 4 is 17.4 Å². The highest BCUT2D eigenvalue weighted by molar-refractivity contribution is 5.79. The Hall–Kier alpha value is -2.39. The van der Waals surface area contributed by atoms with Crippen LogP contribution in [0, 0.1) is 5.92 Å². The van der Waals surface area contributed by atoms with E-state index in [1.165, 1.54) is 6.07 Å². The molecule has 1 saturated heterocycles. The number of carbonyl (C=O) groups is 1. The third-order valence-electron chi connectivity index (χ3n) is 5.15. The number of halogens is 3. The number of hydrogen-bond acceptors (Lipinski definition) is 5. The molecule has 0 saturated carbocycles. The lowest BCUT2D eigenvalue weighted by molar-refractivity contribution is -0.146. The van der Waals surface area contributed by atoms with Gasteiger partial charge in [0.25, 0.3) is 5.82 Å². The Morgan fingerprint density at radius 2 is 1.93 bits per heavy atom. The molecule has 1 aliphatic heterocycles. The van der Waals surface area contributed by atoms with Gasteiger partial charge in [0, 0.05) is 32.1 Å². The summed E-state index contributed by atoms with van der Waals surface area (Å²) in [5, 5.41) is 10.8. The summed E-state index contributed by atoms with van der Waals surface area (Å²) in [7, 11) is 0. The van der Waals surface area contributed by atoms with E-state index in [4.69, 9.17) is 0 Å². The largest absolute Gasteiger partial charge is 0.453 e. The highest BCUT2D eigenvalue weighted by atomic mass is 19.4. The molecule has 2 aromatic rings. The second-order valence-electron chi connectivity index (χ2n) is 7.02. The quantitative estimate of drug-likeness (QED) is 0.748. The average molecular weight is 398 g/mol. The summed E-state index contributed by atoms with van der Waals surface area (Å²) in [5.74, 6) is -0.569. The highest BCUT2D eigenvalue weighted by Gasteiger charge is 2.38. The molecule has 2 aromatic heterocycles. The minimum atomic E-state index is -4.62. The molecule has 7 nitrogen and oxygen atoms in total. The molecular formula is C18H25F3N6O. The van der Waals surface area contributed by atoms with Gasteiger partial charge in [-0.25, -0.2) is 0 Å². The summed E-state index contributed by atoms with van der Waals surface area (Å²) < 4.78 is 39.9. The Kier molecular flexibility index (Phi) is 6.04. The number of piperidine rings is 1. The van der Waals surface area contributed by atoms with Crippen LogP contribution in [-0.2, 0) is 11.0 Å². The lowest BCUT2D eigenvalue weighted by atomic mass is 9.95. The number of fused-ring (bicyclic) bond motifs is 1. The smallest absolute Gasteiger partial charge is 0.355 e. The molecule has 10 heteroatoms. The van der Waals surface area contributed by atoms with Crippen molar-refractivity contribution < 1.29 is 18.0 Å². The van der Waals surface area contributed by atoms with Crippen molar-refractivity contribution in [3.05, 3.63) is 18.0 Å². The van der Waals surface area contributed by atoms with Gasteiger partial charge in [0.05, 0.1) is 0 Å². The number of carbonyl (C=O) groups excluding carboxylic acids is 1. The van der Waals surface area contributed by atoms with E-state index < -0.39 is 12.0 Å². The standard InChI is InChI=1S/C18H25F3N6O/c1-3-5-10-25(4-2)16(28)13-8-11-26(12-9-13)15-7-6-14-22-23-17(18(19,20)21)27(14)24-15/h6-7,13H,3-5,8-12H2,1-2H3. The van der Waals surface area contributed by atoms with E-state index in [0.717, 1.165) is 23.9 Å². The monoisotopic (exact) mass is 398 g/mol. The Morgan fingerprint density at radius 1 is 1.21 bits per heavy atom. The summed E-state index contributed by atoms with van der Waals surface area (Å²) >= 11 is 0. The zero-order valence-corrected chi connectivity index (χ0v) is 16.1. The van der Waals surface area contributed by atoms with Crippen LogP contribution in [0.15, 0.2) is 12.1 Å². The second-order valence-corrected chi connectivity index (χ2v) is 7.02. The molecule has 0 aromatic carbocycles. The summed E-state index contributed by atoms with van der Waals surface area (Å²) in [6.45, 7) is 6.70. The van der Waals surface area contributed by atoms with Gasteiger partial charge in [0.15, 0.2) is 5.65 Å². The van der Waals surface area contributed by atoms with Gasteiger partial charge in [-0.05, 0) is 38.3 Å². The molecule has 0 N–H and O–H groups in total. The maximum absolute atomic E-state index is 13.0. The van der Waals surface area contributed by atoms with Gasteiger partial charge >= 0.3 is 6.18 Å². The van der Waals surface area contributed by atoms with Crippen LogP contribution >= 0.6 is 0 Å². The first kappa shape index (κ1) is 20.3. The number of amides is 1. The van der Waals surface area contributed by atoms with Crippen LogP contribution in [0.3, 0.4) is 0 Å². The van der Waals surface area contributed by atoms with Gasteiger partial charge in [-0.15, -0.1) is 15.3 Å². The van der Waals surface area contributed by atoms with Crippen LogP contribution in [-0.4, -0.2) is 56.8 Å². The molecule has 0 unspecified atom stereocenters. The van der Waals surface area contributed by atoms with Crippen molar-refractivity contribution in [1.29, 1.82) is 0 Å². The van der Waals surface area contributed by atoms with Crippen molar-refractivity contribution in [3.63, 3.8) is 0 Å². The molecule has 28 heavy (non-hydrogen) atoms. The van der Waals surface area contributed by atoms with Crippen molar-refractivity contribution in [1.82, 2.24) is 24.7 Å². The van der Waals surface area contributed by atoms with Crippen LogP contribution in [0.5, 0.6) is 0 Å². The molecule has 0 spiro atoms. The molecule has 0 radical (unpaired) electrons. The molecule has 0 bridgehead atoms. The molecule has 3 heterocycles. The molecule has 1 aliphatic rings. The fourth-order valence-electron chi connectivity index (χ4n) is 3.51. The third-order valence-corrected chi connectivity index (χ3v) is 5.15. The van der Waals surface area contributed by atoms with E-state index in [-0.39, 0.29) is 17.5 Å². The van der Waals surface area contributed by atoms with Crippen LogP contribution < -0.4 is 4.90 Å². The minimum absolute atomic E-state index is 0.0440. The maximum atomic E-state index is 13.0. The number of hydrogen-bond donors (Lipinski definition) is 0. The Morgan fingerprint density at radius 3 is 2.54 bits per heavy atom. The van der Waals surface area contributed by atoms with E-state index in [2.05, 4.69) is 22.2 Å². The van der Waals surface area contributed by atoms with E-state index >= 15 is 0 Å². The molecule has 3 rings (SSSR count). The van der Waals surface area contributed by atoms with Crippen molar-refractivity contribution in [2.75, 3.05) is 31.1 Å². The Labute approximate surface area is 161 Å². The lowest BCUT2D eigenvalue weighted by Gasteiger charge is -2.34. The van der Waals surface area contributed by atoms with Gasteiger partial charge in [-0.1, -0.05) is 13.3 Å². The summed E-state index contributed by atoms with van der Waals surface area (Å²) in [6.07, 6.45) is -1.26. The fourth-order valence-corrected chi connectivity index (χ4v) is 3.51. The molecule has 0 atom stereocenters. The van der Waals surface area contributed by atoms with Gasteiger partial charge in [-0.3, -0.25) is 4.79 Å². The maximum Gasteiger partial charge on any atom is 0.453 e. The highest BCUT2D eigenvalue weighted by Crippen LogP contribution is 2.29. The third kappa shape index (κ3) is 4.20. The van der Waals surface area contributed by atoms with Gasteiger partial charge < -0.3 is 9.80 Å². The number of unbranched alkanes of at least 4 members (excludes halogenated alkanes) is 1. The Bertz CT molecular complexity index is 813. The minimum Gasteiger partial charge on any atom is -0.355 e. The van der Waals surface area contributed by atoms with Crippen LogP contribution in [0.4, 0.5) is 19.0 Å². The summed E-state index contributed by atoms with van der Waals surface area (Å²) in [4.78, 5) is 16.5. The topological polar surface area (TPSA) is 66.6 Å². The van der Waals surface area contributed by atoms with E-state index in [1.807, 2.05) is 16.7 Å². The summed E-state index contributed by atoms with van der Waals surface area (Å²) in [5.41, 5.74) is 0.0515. The summed E-state index contributed by atoms with van der Waals surface area (Å²) in [6, 6.07) is 3.12. The lowest BCUT2D eigenvalue weighted by Crippen LogP contribution is -2.43. The SMILES string of the molecule is CCCCN(CC)C(=O)C1CCN(c2ccc3nnc(C(F)(F)F)n3n2)CC1. The first-order valence-corrected chi connectivity index (χ1v) is 9.68. The number of aromatic nitrogens is 4. The normalized spacial score (nSPS) is 16.0. The predicted octanol–water partition coefficient (Wildman–Crippen LogP) is 3.01. The van der Waals surface area contributed by atoms with Gasteiger partial charge in [0.2, 0.25) is 5.91 Å². The predicted molar refractivity (Wildman–Crippen MR) is 97.9 cm³/mol. The van der Waals surface area contributed by atoms with Crippen LogP contribution in [0.25, 0.3) is 5.65 Å². The van der Waals surface area contributed by atoms with Crippen LogP contribution in [0.2, 0.25) is 0 Å². The first-order valence-electron chi connectivity index (χ1n) is 9.68. The van der Waals surface area contributed by atoms with Crippen molar-refractivity contribution in [2.45, 2.75) is 45.7 Å².